The summed E-state index contributed by atoms with van der Waals surface area (Å²) in [6.45, 7) is 4.21. The Bertz CT molecular complexity index is 104. The van der Waals surface area contributed by atoms with E-state index in [1.807, 2.05) is 0 Å². The van der Waals surface area contributed by atoms with Gasteiger partial charge in [-0.05, 0) is 18.9 Å². The zero-order valence-corrected chi connectivity index (χ0v) is 9.07. The third kappa shape index (κ3) is 6.39. The van der Waals surface area contributed by atoms with Crippen LogP contribution in [0.4, 0.5) is 0 Å². The van der Waals surface area contributed by atoms with E-state index < -0.39 is 9.28 Å². The molecule has 4 heteroatoms. The van der Waals surface area contributed by atoms with Gasteiger partial charge in [0.2, 0.25) is 0 Å². The molecular weight excluding hydrogens is 172 g/mol. The fourth-order valence-corrected chi connectivity index (χ4v) is 2.20. The second-order valence-corrected chi connectivity index (χ2v) is 4.81. The fourth-order valence-electron chi connectivity index (χ4n) is 0.912. The Labute approximate surface area is 76.2 Å². The highest BCUT2D eigenvalue weighted by Crippen LogP contribution is 2.02. The Kier molecular flexibility index (Phi) is 8.53. The summed E-state index contributed by atoms with van der Waals surface area (Å²) in [5.41, 5.74) is 0. The van der Waals surface area contributed by atoms with E-state index in [0.717, 1.165) is 25.5 Å². The minimum absolute atomic E-state index is 0.748. The lowest BCUT2D eigenvalue weighted by atomic mass is 10.4. The van der Waals surface area contributed by atoms with Crippen molar-refractivity contribution in [2.24, 2.45) is 0 Å². The minimum Gasteiger partial charge on any atom is -0.502 e. The Morgan fingerprint density at radius 1 is 1.25 bits per heavy atom. The molecule has 0 aliphatic rings. The molecule has 0 heterocycles. The van der Waals surface area contributed by atoms with Gasteiger partial charge < -0.3 is 13.6 Å². The van der Waals surface area contributed by atoms with Crippen LogP contribution in [-0.4, -0.2) is 30.1 Å². The molecule has 0 aromatic heterocycles. The first kappa shape index (κ1) is 11.7. The van der Waals surface area contributed by atoms with E-state index in [9.17, 15) is 0 Å². The SMILES string of the molecule is C=COCCCC[SiH](OC)OC. The Morgan fingerprint density at radius 2 is 1.92 bits per heavy atom. The van der Waals surface area contributed by atoms with Gasteiger partial charge in [0.25, 0.3) is 0 Å². The normalized spacial score (nSPS) is 10.2. The molecular formula is C8H18O3Si. The third-order valence-corrected chi connectivity index (χ3v) is 3.53. The highest BCUT2D eigenvalue weighted by atomic mass is 28.3. The quantitative estimate of drug-likeness (QED) is 0.329. The van der Waals surface area contributed by atoms with Crippen molar-refractivity contribution >= 4 is 9.28 Å². The first-order valence-electron chi connectivity index (χ1n) is 4.13. The summed E-state index contributed by atoms with van der Waals surface area (Å²) < 4.78 is 15.3. The van der Waals surface area contributed by atoms with Crippen molar-refractivity contribution in [1.29, 1.82) is 0 Å². The molecule has 0 amide bonds. The summed E-state index contributed by atoms with van der Waals surface area (Å²) in [4.78, 5) is 0. The predicted octanol–water partition coefficient (Wildman–Crippen LogP) is 1.44. The summed E-state index contributed by atoms with van der Waals surface area (Å²) >= 11 is 0. The van der Waals surface area contributed by atoms with Crippen LogP contribution in [0.25, 0.3) is 0 Å². The van der Waals surface area contributed by atoms with E-state index in [1.54, 1.807) is 14.2 Å². The topological polar surface area (TPSA) is 27.7 Å². The summed E-state index contributed by atoms with van der Waals surface area (Å²) in [7, 11) is 2.09. The van der Waals surface area contributed by atoms with E-state index in [-0.39, 0.29) is 0 Å². The van der Waals surface area contributed by atoms with Crippen LogP contribution in [0.1, 0.15) is 12.8 Å². The maximum atomic E-state index is 5.16. The van der Waals surface area contributed by atoms with Crippen molar-refractivity contribution in [3.63, 3.8) is 0 Å². The Balaban J connectivity index is 3.11. The first-order chi connectivity index (χ1) is 5.85. The van der Waals surface area contributed by atoms with Gasteiger partial charge in [-0.15, -0.1) is 0 Å². The molecule has 0 unspecified atom stereocenters. The van der Waals surface area contributed by atoms with Crippen LogP contribution in [0.5, 0.6) is 0 Å². The Hall–Kier alpha value is -0.323. The number of unbranched alkanes of at least 4 members (excludes halogenated alkanes) is 1. The van der Waals surface area contributed by atoms with Crippen molar-refractivity contribution in [3.8, 4) is 0 Å². The average Bonchev–Trinajstić information content (AvgIpc) is 2.11. The highest BCUT2D eigenvalue weighted by molar-refractivity contribution is 6.44. The standard InChI is InChI=1S/C8H18O3Si/c1-4-11-7-5-6-8-12(9-2)10-3/h4,12H,1,5-8H2,2-3H3. The van der Waals surface area contributed by atoms with Crippen molar-refractivity contribution < 1.29 is 13.6 Å². The van der Waals surface area contributed by atoms with Crippen LogP contribution in [0.3, 0.4) is 0 Å². The molecule has 0 aromatic rings. The van der Waals surface area contributed by atoms with Gasteiger partial charge in [-0.1, -0.05) is 6.58 Å². The fraction of sp³-hybridized carbons (Fsp3) is 0.750. The van der Waals surface area contributed by atoms with E-state index in [0.29, 0.717) is 0 Å². The van der Waals surface area contributed by atoms with Crippen LogP contribution in [0.2, 0.25) is 6.04 Å². The molecule has 0 bridgehead atoms. The van der Waals surface area contributed by atoms with E-state index in [1.165, 1.54) is 6.26 Å². The molecule has 0 radical (unpaired) electrons. The van der Waals surface area contributed by atoms with Gasteiger partial charge in [-0.3, -0.25) is 0 Å². The zero-order chi connectivity index (χ0) is 9.23. The molecule has 0 aromatic carbocycles. The maximum absolute atomic E-state index is 5.16. The number of ether oxygens (including phenoxy) is 1. The van der Waals surface area contributed by atoms with Crippen LogP contribution in [-0.2, 0) is 13.6 Å². The smallest absolute Gasteiger partial charge is 0.320 e. The second-order valence-electron chi connectivity index (χ2n) is 2.43. The lowest BCUT2D eigenvalue weighted by Gasteiger charge is -2.09. The van der Waals surface area contributed by atoms with Crippen LogP contribution >= 0.6 is 0 Å². The molecule has 0 spiro atoms. The van der Waals surface area contributed by atoms with Crippen LogP contribution < -0.4 is 0 Å². The summed E-state index contributed by atoms with van der Waals surface area (Å²) in [5.74, 6) is 0. The van der Waals surface area contributed by atoms with Gasteiger partial charge in [0.05, 0.1) is 12.9 Å². The van der Waals surface area contributed by atoms with Crippen molar-refractivity contribution in [2.45, 2.75) is 18.9 Å². The molecule has 3 nitrogen and oxygen atoms in total. The second kappa shape index (κ2) is 8.77. The zero-order valence-electron chi connectivity index (χ0n) is 7.91. The lowest BCUT2D eigenvalue weighted by Crippen LogP contribution is -2.18. The average molecular weight is 190 g/mol. The minimum atomic E-state index is -1.33. The molecule has 0 aliphatic carbocycles. The Morgan fingerprint density at radius 3 is 2.42 bits per heavy atom. The third-order valence-electron chi connectivity index (χ3n) is 1.60. The van der Waals surface area contributed by atoms with Crippen molar-refractivity contribution in [1.82, 2.24) is 0 Å². The van der Waals surface area contributed by atoms with E-state index in [4.69, 9.17) is 13.6 Å². The van der Waals surface area contributed by atoms with Crippen LogP contribution in [0.15, 0.2) is 12.8 Å². The molecule has 0 saturated heterocycles. The predicted molar refractivity (Wildman–Crippen MR) is 51.4 cm³/mol. The molecule has 72 valence electrons. The monoisotopic (exact) mass is 190 g/mol. The van der Waals surface area contributed by atoms with Gasteiger partial charge in [-0.2, -0.15) is 0 Å². The van der Waals surface area contributed by atoms with Gasteiger partial charge in [-0.25, -0.2) is 0 Å². The van der Waals surface area contributed by atoms with Gasteiger partial charge in [0, 0.05) is 14.2 Å². The number of hydrogen-bond donors (Lipinski definition) is 0. The molecule has 0 rings (SSSR count). The van der Waals surface area contributed by atoms with E-state index >= 15 is 0 Å². The molecule has 12 heavy (non-hydrogen) atoms. The molecule has 0 aliphatic heterocycles. The molecule has 0 saturated carbocycles. The lowest BCUT2D eigenvalue weighted by molar-refractivity contribution is 0.240. The maximum Gasteiger partial charge on any atom is 0.320 e. The largest absolute Gasteiger partial charge is 0.502 e. The van der Waals surface area contributed by atoms with Crippen LogP contribution in [0, 0.1) is 0 Å². The highest BCUT2D eigenvalue weighted by Gasteiger charge is 2.07. The van der Waals surface area contributed by atoms with Crippen molar-refractivity contribution in [2.75, 3.05) is 20.8 Å². The summed E-state index contributed by atoms with van der Waals surface area (Å²) in [5, 5.41) is 0. The first-order valence-corrected chi connectivity index (χ1v) is 5.89. The molecule has 0 N–H and O–H groups in total. The molecule has 0 fully saturated rings. The number of hydrogen-bond acceptors (Lipinski definition) is 3. The summed E-state index contributed by atoms with van der Waals surface area (Å²) in [6.07, 6.45) is 3.62. The van der Waals surface area contributed by atoms with Crippen molar-refractivity contribution in [3.05, 3.63) is 12.8 Å². The van der Waals surface area contributed by atoms with Gasteiger partial charge >= 0.3 is 9.28 Å². The van der Waals surface area contributed by atoms with Gasteiger partial charge in [0.1, 0.15) is 0 Å². The van der Waals surface area contributed by atoms with Gasteiger partial charge in [0.15, 0.2) is 0 Å². The van der Waals surface area contributed by atoms with E-state index in [2.05, 4.69) is 6.58 Å². The molecule has 0 atom stereocenters. The number of rotatable bonds is 8. The summed E-state index contributed by atoms with van der Waals surface area (Å²) in [6, 6.07) is 1.05.